The van der Waals surface area contributed by atoms with Crippen LogP contribution in [-0.4, -0.2) is 35.7 Å². The average molecular weight is 487 g/mol. The van der Waals surface area contributed by atoms with E-state index in [-0.39, 0.29) is 12.0 Å². The molecular weight excluding hydrogens is 452 g/mol. The molecule has 8 heteroatoms. The van der Waals surface area contributed by atoms with Gasteiger partial charge in [-0.3, -0.25) is 9.78 Å². The fraction of sp³-hybridized carbons (Fsp3) is 0.500. The highest BCUT2D eigenvalue weighted by Crippen LogP contribution is 2.28. The Balaban J connectivity index is 1.47. The first kappa shape index (κ1) is 26.0. The Morgan fingerprint density at radius 3 is 2.21 bits per heavy atom. The second-order valence-electron chi connectivity index (χ2n) is 9.93. The summed E-state index contributed by atoms with van der Waals surface area (Å²) >= 11 is 6.28. The summed E-state index contributed by atoms with van der Waals surface area (Å²) in [6, 6.07) is 9.51. The lowest BCUT2D eigenvalue weighted by atomic mass is 9.82. The zero-order chi connectivity index (χ0) is 24.7. The summed E-state index contributed by atoms with van der Waals surface area (Å²) in [5.41, 5.74) is 8.22. The summed E-state index contributed by atoms with van der Waals surface area (Å²) in [5.74, 6) is 0.647. The van der Waals surface area contributed by atoms with E-state index in [4.69, 9.17) is 22.1 Å². The number of carbonyl (C=O) groups excluding carboxylic acids is 2. The first-order valence-electron chi connectivity index (χ1n) is 11.8. The second-order valence-corrected chi connectivity index (χ2v) is 10.3. The average Bonchev–Trinajstić information content (AvgIpc) is 2.81. The topological polar surface area (TPSA) is 106 Å². The van der Waals surface area contributed by atoms with E-state index in [9.17, 15) is 9.59 Å². The molecule has 0 aliphatic heterocycles. The number of nitrogens with two attached hydrogens (primary N) is 1. The van der Waals surface area contributed by atoms with Crippen LogP contribution in [0, 0.1) is 11.8 Å². The van der Waals surface area contributed by atoms with Crippen molar-refractivity contribution < 1.29 is 14.3 Å². The maximum atomic E-state index is 12.8. The van der Waals surface area contributed by atoms with Gasteiger partial charge < -0.3 is 21.1 Å². The largest absolute Gasteiger partial charge is 0.444 e. The molecule has 0 atom stereocenters. The van der Waals surface area contributed by atoms with Crippen LogP contribution >= 0.6 is 11.6 Å². The molecule has 184 valence electrons. The van der Waals surface area contributed by atoms with Crippen LogP contribution in [0.25, 0.3) is 11.3 Å². The third-order valence-corrected chi connectivity index (χ3v) is 6.34. The smallest absolute Gasteiger partial charge is 0.407 e. The number of aromatic nitrogens is 1. The Morgan fingerprint density at radius 1 is 1.06 bits per heavy atom. The van der Waals surface area contributed by atoms with Gasteiger partial charge in [0.2, 0.25) is 0 Å². The SMILES string of the molecule is CC(C)(C)OC(=O)NC[C@H]1CC[C@H](CNC(=O)c2cc(-c3ccc(CN)cc3)ncc2Cl)CC1. The molecule has 1 fully saturated rings. The van der Waals surface area contributed by atoms with Crippen molar-refractivity contribution in [3.05, 3.63) is 52.7 Å². The summed E-state index contributed by atoms with van der Waals surface area (Å²) in [5, 5.41) is 6.24. The number of amides is 2. The number of benzene rings is 1. The van der Waals surface area contributed by atoms with Gasteiger partial charge >= 0.3 is 6.09 Å². The van der Waals surface area contributed by atoms with Crippen LogP contribution < -0.4 is 16.4 Å². The quantitative estimate of drug-likeness (QED) is 0.515. The molecule has 2 amide bonds. The molecule has 0 unspecified atom stereocenters. The molecule has 0 spiro atoms. The first-order valence-corrected chi connectivity index (χ1v) is 12.2. The molecule has 34 heavy (non-hydrogen) atoms. The molecule has 1 aromatic heterocycles. The Morgan fingerprint density at radius 2 is 1.65 bits per heavy atom. The number of ether oxygens (including phenoxy) is 1. The van der Waals surface area contributed by atoms with E-state index in [2.05, 4.69) is 15.6 Å². The molecule has 1 heterocycles. The number of rotatable bonds is 7. The van der Waals surface area contributed by atoms with Gasteiger partial charge in [-0.1, -0.05) is 35.9 Å². The highest BCUT2D eigenvalue weighted by molar-refractivity contribution is 6.33. The fourth-order valence-corrected chi connectivity index (χ4v) is 4.29. The number of carbonyl (C=O) groups is 2. The van der Waals surface area contributed by atoms with Gasteiger partial charge in [0.25, 0.3) is 5.91 Å². The standard InChI is InChI=1S/C26H35ClN4O3/c1-26(2,3)34-25(33)31-15-19-6-4-18(5-7-19)14-30-24(32)21-12-23(29-16-22(21)27)20-10-8-17(13-28)9-11-20/h8-12,16,18-19H,4-7,13-15,28H2,1-3H3,(H,30,32)(H,31,33)/t18-,19-. The zero-order valence-electron chi connectivity index (χ0n) is 20.2. The molecule has 1 aliphatic carbocycles. The highest BCUT2D eigenvalue weighted by atomic mass is 35.5. The maximum absolute atomic E-state index is 12.8. The minimum atomic E-state index is -0.493. The van der Waals surface area contributed by atoms with Crippen molar-refractivity contribution in [2.45, 2.75) is 58.6 Å². The number of pyridine rings is 1. The van der Waals surface area contributed by atoms with Crippen LogP contribution in [0.4, 0.5) is 4.79 Å². The minimum Gasteiger partial charge on any atom is -0.444 e. The Bertz CT molecular complexity index is 981. The van der Waals surface area contributed by atoms with Crippen LogP contribution in [0.2, 0.25) is 5.02 Å². The molecule has 0 bridgehead atoms. The van der Waals surface area contributed by atoms with E-state index < -0.39 is 5.60 Å². The van der Waals surface area contributed by atoms with Gasteiger partial charge in [0.1, 0.15) is 5.60 Å². The van der Waals surface area contributed by atoms with Gasteiger partial charge in [0.15, 0.2) is 0 Å². The van der Waals surface area contributed by atoms with Gasteiger partial charge in [0, 0.05) is 31.4 Å². The molecule has 1 saturated carbocycles. The van der Waals surface area contributed by atoms with Crippen molar-refractivity contribution in [2.24, 2.45) is 17.6 Å². The van der Waals surface area contributed by atoms with Crippen molar-refractivity contribution in [3.8, 4) is 11.3 Å². The van der Waals surface area contributed by atoms with Crippen molar-refractivity contribution in [2.75, 3.05) is 13.1 Å². The molecule has 3 rings (SSSR count). The second kappa shape index (κ2) is 11.7. The number of halogens is 1. The number of alkyl carbamates (subject to hydrolysis) is 1. The zero-order valence-corrected chi connectivity index (χ0v) is 21.0. The fourth-order valence-electron chi connectivity index (χ4n) is 4.10. The van der Waals surface area contributed by atoms with Gasteiger partial charge in [0.05, 0.1) is 16.3 Å². The van der Waals surface area contributed by atoms with Crippen molar-refractivity contribution in [1.29, 1.82) is 0 Å². The van der Waals surface area contributed by atoms with E-state index in [1.54, 1.807) is 6.07 Å². The summed E-state index contributed by atoms with van der Waals surface area (Å²) in [7, 11) is 0. The lowest BCUT2D eigenvalue weighted by Gasteiger charge is -2.29. The highest BCUT2D eigenvalue weighted by Gasteiger charge is 2.24. The van der Waals surface area contributed by atoms with E-state index in [0.717, 1.165) is 36.8 Å². The molecule has 0 saturated heterocycles. The summed E-state index contributed by atoms with van der Waals surface area (Å²) < 4.78 is 5.30. The summed E-state index contributed by atoms with van der Waals surface area (Å²) in [6.07, 6.45) is 5.18. The molecule has 1 aliphatic rings. The van der Waals surface area contributed by atoms with E-state index in [1.165, 1.54) is 6.20 Å². The number of hydrogen-bond acceptors (Lipinski definition) is 5. The predicted molar refractivity (Wildman–Crippen MR) is 135 cm³/mol. The van der Waals surface area contributed by atoms with Crippen LogP contribution in [0.5, 0.6) is 0 Å². The molecular formula is C26H35ClN4O3. The van der Waals surface area contributed by atoms with Crippen LogP contribution in [0.15, 0.2) is 36.5 Å². The third-order valence-electron chi connectivity index (χ3n) is 6.04. The van der Waals surface area contributed by atoms with Gasteiger partial charge in [-0.05, 0) is 69.9 Å². The van der Waals surface area contributed by atoms with E-state index >= 15 is 0 Å². The lowest BCUT2D eigenvalue weighted by molar-refractivity contribution is 0.0512. The maximum Gasteiger partial charge on any atom is 0.407 e. The molecule has 4 N–H and O–H groups in total. The summed E-state index contributed by atoms with van der Waals surface area (Å²) in [4.78, 5) is 29.1. The van der Waals surface area contributed by atoms with E-state index in [1.807, 2.05) is 45.0 Å². The van der Waals surface area contributed by atoms with Crippen LogP contribution in [0.1, 0.15) is 62.4 Å². The predicted octanol–water partition coefficient (Wildman–Crippen LogP) is 4.92. The van der Waals surface area contributed by atoms with Gasteiger partial charge in [-0.2, -0.15) is 0 Å². The van der Waals surface area contributed by atoms with Crippen molar-refractivity contribution in [1.82, 2.24) is 15.6 Å². The monoisotopic (exact) mass is 486 g/mol. The third kappa shape index (κ3) is 7.71. The molecule has 7 nitrogen and oxygen atoms in total. The lowest BCUT2D eigenvalue weighted by Crippen LogP contribution is -2.37. The number of nitrogens with zero attached hydrogens (tertiary/aromatic N) is 1. The molecule has 1 aromatic carbocycles. The minimum absolute atomic E-state index is 0.194. The van der Waals surface area contributed by atoms with Crippen molar-refractivity contribution >= 4 is 23.6 Å². The normalized spacial score (nSPS) is 18.3. The molecule has 2 aromatic rings. The number of hydrogen-bond donors (Lipinski definition) is 3. The van der Waals surface area contributed by atoms with E-state index in [0.29, 0.717) is 47.8 Å². The van der Waals surface area contributed by atoms with Gasteiger partial charge in [-0.25, -0.2) is 4.79 Å². The van der Waals surface area contributed by atoms with Gasteiger partial charge in [-0.15, -0.1) is 0 Å². The van der Waals surface area contributed by atoms with Crippen molar-refractivity contribution in [3.63, 3.8) is 0 Å². The molecule has 0 radical (unpaired) electrons. The van der Waals surface area contributed by atoms with Crippen LogP contribution in [-0.2, 0) is 11.3 Å². The Hall–Kier alpha value is -2.64. The number of nitrogens with one attached hydrogen (secondary N) is 2. The van der Waals surface area contributed by atoms with Crippen LogP contribution in [0.3, 0.4) is 0 Å². The summed E-state index contributed by atoms with van der Waals surface area (Å²) in [6.45, 7) is 7.26. The first-order chi connectivity index (χ1) is 16.1. The Labute approximate surface area is 206 Å². The Kier molecular flexibility index (Phi) is 8.91.